The fourth-order valence-electron chi connectivity index (χ4n) is 3.83. The number of rotatable bonds is 1. The zero-order valence-electron chi connectivity index (χ0n) is 12.5. The van der Waals surface area contributed by atoms with Crippen molar-refractivity contribution in [3.8, 4) is 0 Å². The molecule has 2 atom stereocenters. The van der Waals surface area contributed by atoms with Crippen LogP contribution >= 0.6 is 0 Å². The van der Waals surface area contributed by atoms with Gasteiger partial charge in [0, 0.05) is 11.1 Å². The van der Waals surface area contributed by atoms with Crippen LogP contribution in [0.25, 0.3) is 0 Å². The van der Waals surface area contributed by atoms with Gasteiger partial charge in [-0.3, -0.25) is 5.32 Å². The third kappa shape index (κ3) is 2.57. The SMILES string of the molecule is CC(C)C1NC(O)C2(CC(C)(C)NC(C)(C)C2)O1. The quantitative estimate of drug-likeness (QED) is 0.667. The maximum absolute atomic E-state index is 10.4. The van der Waals surface area contributed by atoms with Crippen molar-refractivity contribution < 1.29 is 9.84 Å². The molecular formula is C14H28N2O2. The predicted molar refractivity (Wildman–Crippen MR) is 72.1 cm³/mol. The lowest BCUT2D eigenvalue weighted by Crippen LogP contribution is -2.66. The lowest BCUT2D eigenvalue weighted by atomic mass is 9.72. The Hall–Kier alpha value is -0.160. The summed E-state index contributed by atoms with van der Waals surface area (Å²) in [5.74, 6) is 0.361. The van der Waals surface area contributed by atoms with Crippen LogP contribution in [-0.2, 0) is 4.74 Å². The maximum Gasteiger partial charge on any atom is 0.136 e. The molecule has 1 spiro atoms. The van der Waals surface area contributed by atoms with Gasteiger partial charge in [0.1, 0.15) is 18.1 Å². The molecule has 2 aliphatic rings. The molecule has 0 aromatic heterocycles. The number of ether oxygens (including phenoxy) is 1. The second-order valence-corrected chi connectivity index (χ2v) is 7.66. The molecule has 2 unspecified atom stereocenters. The molecule has 0 radical (unpaired) electrons. The van der Waals surface area contributed by atoms with Crippen LogP contribution in [-0.4, -0.2) is 34.2 Å². The summed E-state index contributed by atoms with van der Waals surface area (Å²) in [6, 6.07) is 0. The van der Waals surface area contributed by atoms with Gasteiger partial charge in [0.05, 0.1) is 0 Å². The van der Waals surface area contributed by atoms with E-state index in [2.05, 4.69) is 52.2 Å². The van der Waals surface area contributed by atoms with E-state index in [1.165, 1.54) is 0 Å². The highest BCUT2D eigenvalue weighted by molar-refractivity contribution is 5.09. The lowest BCUT2D eigenvalue weighted by molar-refractivity contribution is -0.143. The molecule has 2 rings (SSSR count). The standard InChI is InChI=1S/C14H28N2O2/c1-9(2)10-15-11(17)14(18-10)7-12(3,4)16-13(5,6)8-14/h9-11,15-17H,7-8H2,1-6H3. The van der Waals surface area contributed by atoms with Crippen LogP contribution < -0.4 is 10.6 Å². The van der Waals surface area contributed by atoms with Crippen molar-refractivity contribution in [2.75, 3.05) is 0 Å². The number of nitrogens with one attached hydrogen (secondary N) is 2. The average Bonchev–Trinajstić information content (AvgIpc) is 2.37. The average molecular weight is 256 g/mol. The van der Waals surface area contributed by atoms with Crippen LogP contribution in [0.2, 0.25) is 0 Å². The fraction of sp³-hybridized carbons (Fsp3) is 1.00. The van der Waals surface area contributed by atoms with Gasteiger partial charge in [-0.25, -0.2) is 0 Å². The minimum absolute atomic E-state index is 0.0315. The molecule has 2 heterocycles. The van der Waals surface area contributed by atoms with Crippen molar-refractivity contribution in [1.82, 2.24) is 10.6 Å². The van der Waals surface area contributed by atoms with Gasteiger partial charge in [-0.05, 0) is 46.5 Å². The number of aliphatic hydroxyl groups is 1. The molecular weight excluding hydrogens is 228 g/mol. The number of aliphatic hydroxyl groups excluding tert-OH is 1. The van der Waals surface area contributed by atoms with Crippen molar-refractivity contribution in [2.24, 2.45) is 5.92 Å². The second-order valence-electron chi connectivity index (χ2n) is 7.66. The Morgan fingerprint density at radius 3 is 2.00 bits per heavy atom. The summed E-state index contributed by atoms with van der Waals surface area (Å²) in [5, 5.41) is 17.2. The van der Waals surface area contributed by atoms with Gasteiger partial charge in [0.2, 0.25) is 0 Å². The summed E-state index contributed by atoms with van der Waals surface area (Å²) >= 11 is 0. The summed E-state index contributed by atoms with van der Waals surface area (Å²) in [5.41, 5.74) is -0.528. The first-order valence-electron chi connectivity index (χ1n) is 6.97. The third-order valence-electron chi connectivity index (χ3n) is 3.95. The van der Waals surface area contributed by atoms with E-state index in [0.29, 0.717) is 5.92 Å². The molecule has 106 valence electrons. The Morgan fingerprint density at radius 1 is 1.11 bits per heavy atom. The molecule has 4 nitrogen and oxygen atoms in total. The number of piperidine rings is 1. The molecule has 0 amide bonds. The molecule has 0 aliphatic carbocycles. The Morgan fingerprint density at radius 2 is 1.61 bits per heavy atom. The van der Waals surface area contributed by atoms with E-state index >= 15 is 0 Å². The Balaban J connectivity index is 2.25. The van der Waals surface area contributed by atoms with Gasteiger partial charge < -0.3 is 15.2 Å². The van der Waals surface area contributed by atoms with E-state index < -0.39 is 11.8 Å². The summed E-state index contributed by atoms with van der Waals surface area (Å²) in [4.78, 5) is 0. The van der Waals surface area contributed by atoms with Crippen LogP contribution in [0.15, 0.2) is 0 Å². The maximum atomic E-state index is 10.4. The first-order valence-corrected chi connectivity index (χ1v) is 6.97. The van der Waals surface area contributed by atoms with Crippen LogP contribution in [0.3, 0.4) is 0 Å². The molecule has 4 heteroatoms. The van der Waals surface area contributed by atoms with E-state index in [1.54, 1.807) is 0 Å². The summed E-state index contributed by atoms with van der Waals surface area (Å²) < 4.78 is 6.23. The molecule has 18 heavy (non-hydrogen) atoms. The van der Waals surface area contributed by atoms with Crippen molar-refractivity contribution in [1.29, 1.82) is 0 Å². The number of hydrogen-bond donors (Lipinski definition) is 3. The predicted octanol–water partition coefficient (Wildman–Crippen LogP) is 1.59. The highest BCUT2D eigenvalue weighted by Gasteiger charge is 2.56. The topological polar surface area (TPSA) is 53.5 Å². The molecule has 2 fully saturated rings. The molecule has 2 aliphatic heterocycles. The van der Waals surface area contributed by atoms with Crippen molar-refractivity contribution in [3.05, 3.63) is 0 Å². The molecule has 0 aromatic rings. The summed E-state index contributed by atoms with van der Waals surface area (Å²) in [7, 11) is 0. The van der Waals surface area contributed by atoms with E-state index in [0.717, 1.165) is 12.8 Å². The van der Waals surface area contributed by atoms with Gasteiger partial charge >= 0.3 is 0 Å². The Kier molecular flexibility index (Phi) is 3.30. The van der Waals surface area contributed by atoms with E-state index in [-0.39, 0.29) is 17.3 Å². The largest absolute Gasteiger partial charge is 0.375 e. The summed E-state index contributed by atoms with van der Waals surface area (Å²) in [6.07, 6.45) is 1.01. The van der Waals surface area contributed by atoms with Gasteiger partial charge in [0.15, 0.2) is 0 Å². The van der Waals surface area contributed by atoms with Gasteiger partial charge in [-0.2, -0.15) is 0 Å². The molecule has 3 N–H and O–H groups in total. The van der Waals surface area contributed by atoms with E-state index in [9.17, 15) is 5.11 Å². The van der Waals surface area contributed by atoms with Gasteiger partial charge in [-0.1, -0.05) is 13.8 Å². The minimum Gasteiger partial charge on any atom is -0.375 e. The van der Waals surface area contributed by atoms with Gasteiger partial charge in [-0.15, -0.1) is 0 Å². The van der Waals surface area contributed by atoms with Crippen LogP contribution in [0, 0.1) is 5.92 Å². The van der Waals surface area contributed by atoms with E-state index in [1.807, 2.05) is 0 Å². The minimum atomic E-state index is -0.578. The van der Waals surface area contributed by atoms with E-state index in [4.69, 9.17) is 4.74 Å². The highest BCUT2D eigenvalue weighted by Crippen LogP contribution is 2.43. The van der Waals surface area contributed by atoms with Gasteiger partial charge in [0.25, 0.3) is 0 Å². The number of hydrogen-bond acceptors (Lipinski definition) is 4. The van der Waals surface area contributed by atoms with Crippen LogP contribution in [0.1, 0.15) is 54.4 Å². The first kappa shape index (κ1) is 14.3. The molecule has 0 bridgehead atoms. The second kappa shape index (κ2) is 4.17. The fourth-order valence-corrected chi connectivity index (χ4v) is 3.83. The summed E-state index contributed by atoms with van der Waals surface area (Å²) in [6.45, 7) is 12.9. The van der Waals surface area contributed by atoms with Crippen molar-refractivity contribution in [2.45, 2.75) is 83.5 Å². The van der Waals surface area contributed by atoms with Crippen molar-refractivity contribution >= 4 is 0 Å². The lowest BCUT2D eigenvalue weighted by Gasteiger charge is -2.51. The Bertz CT molecular complexity index is 310. The first-order chi connectivity index (χ1) is 8.05. The van der Waals surface area contributed by atoms with Crippen LogP contribution in [0.4, 0.5) is 0 Å². The third-order valence-corrected chi connectivity index (χ3v) is 3.95. The monoisotopic (exact) mass is 256 g/mol. The zero-order valence-corrected chi connectivity index (χ0v) is 12.5. The van der Waals surface area contributed by atoms with Crippen molar-refractivity contribution in [3.63, 3.8) is 0 Å². The zero-order chi connectivity index (χ0) is 13.8. The molecule has 2 saturated heterocycles. The Labute approximate surface area is 110 Å². The molecule has 0 saturated carbocycles. The normalized spacial score (nSPS) is 37.3. The van der Waals surface area contributed by atoms with Crippen LogP contribution in [0.5, 0.6) is 0 Å². The molecule has 0 aromatic carbocycles. The smallest absolute Gasteiger partial charge is 0.136 e. The highest BCUT2D eigenvalue weighted by atomic mass is 16.6.